The molecule has 1 heterocycles. The summed E-state index contributed by atoms with van der Waals surface area (Å²) in [6.45, 7) is 1.88. The molecule has 2 N–H and O–H groups in total. The van der Waals surface area contributed by atoms with Gasteiger partial charge in [-0.15, -0.1) is 0 Å². The molecule has 1 aromatic heterocycles. The summed E-state index contributed by atoms with van der Waals surface area (Å²) in [6.07, 6.45) is 0. The van der Waals surface area contributed by atoms with E-state index in [1.807, 2.05) is 37.3 Å². The third-order valence-electron chi connectivity index (χ3n) is 1.85. The number of hydrogen-bond acceptors (Lipinski definition) is 3. The summed E-state index contributed by atoms with van der Waals surface area (Å²) >= 11 is 5.05. The first-order chi connectivity index (χ1) is 6.77. The van der Waals surface area contributed by atoms with Gasteiger partial charge in [-0.05, 0) is 31.3 Å². The van der Waals surface area contributed by atoms with Crippen LogP contribution in [0.2, 0.25) is 0 Å². The summed E-state index contributed by atoms with van der Waals surface area (Å²) in [5, 5.41) is 6.71. The summed E-state index contributed by atoms with van der Waals surface area (Å²) in [5.41, 5.74) is 4.12. The highest BCUT2D eigenvalue weighted by atomic mass is 32.1. The average molecular weight is 206 g/mol. The molecule has 14 heavy (non-hydrogen) atoms. The number of aromatic amines is 1. The van der Waals surface area contributed by atoms with Gasteiger partial charge in [0.15, 0.2) is 0 Å². The van der Waals surface area contributed by atoms with Crippen molar-refractivity contribution in [3.8, 4) is 0 Å². The minimum atomic E-state index is 0.561. The Labute approximate surface area is 86.6 Å². The molecule has 2 rings (SSSR count). The van der Waals surface area contributed by atoms with Gasteiger partial charge in [-0.1, -0.05) is 18.2 Å². The minimum absolute atomic E-state index is 0.561. The van der Waals surface area contributed by atoms with Crippen LogP contribution >= 0.6 is 12.2 Å². The van der Waals surface area contributed by atoms with Crippen LogP contribution in [0.5, 0.6) is 0 Å². The normalized spacial score (nSPS) is 10.1. The predicted molar refractivity (Wildman–Crippen MR) is 57.6 cm³/mol. The zero-order valence-electron chi connectivity index (χ0n) is 7.69. The van der Waals surface area contributed by atoms with Gasteiger partial charge in [0.25, 0.3) is 0 Å². The molecule has 4 nitrogen and oxygen atoms in total. The highest BCUT2D eigenvalue weighted by Crippen LogP contribution is 2.06. The monoisotopic (exact) mass is 206 g/mol. The highest BCUT2D eigenvalue weighted by molar-refractivity contribution is 7.71. The van der Waals surface area contributed by atoms with Crippen LogP contribution in [0.4, 0.5) is 5.69 Å². The van der Waals surface area contributed by atoms with Crippen LogP contribution in [0.25, 0.3) is 0 Å². The Balaban J connectivity index is 2.32. The number of anilines is 1. The summed E-state index contributed by atoms with van der Waals surface area (Å²) in [7, 11) is 0. The molecule has 5 heteroatoms. The van der Waals surface area contributed by atoms with Crippen molar-refractivity contribution in [2.45, 2.75) is 6.92 Å². The molecular formula is C9H10N4S. The van der Waals surface area contributed by atoms with Crippen molar-refractivity contribution in [2.75, 3.05) is 5.43 Å². The van der Waals surface area contributed by atoms with Crippen molar-refractivity contribution < 1.29 is 0 Å². The molecule has 0 atom stereocenters. The van der Waals surface area contributed by atoms with Crippen molar-refractivity contribution in [3.63, 3.8) is 0 Å². The maximum absolute atomic E-state index is 5.05. The SMILES string of the molecule is Cc1n[nH]c(=S)n1Nc1ccccc1. The number of H-pyrrole nitrogens is 1. The molecule has 0 fully saturated rings. The van der Waals surface area contributed by atoms with Crippen LogP contribution in [-0.2, 0) is 0 Å². The van der Waals surface area contributed by atoms with E-state index < -0.39 is 0 Å². The van der Waals surface area contributed by atoms with E-state index in [1.54, 1.807) is 4.68 Å². The molecule has 0 aliphatic rings. The van der Waals surface area contributed by atoms with E-state index in [2.05, 4.69) is 15.6 Å². The number of aryl methyl sites for hydroxylation is 1. The number of benzene rings is 1. The maximum atomic E-state index is 5.05. The molecule has 0 unspecified atom stereocenters. The van der Waals surface area contributed by atoms with Crippen LogP contribution in [-0.4, -0.2) is 14.9 Å². The first-order valence-corrected chi connectivity index (χ1v) is 4.64. The Morgan fingerprint density at radius 3 is 2.64 bits per heavy atom. The molecule has 0 spiro atoms. The number of rotatable bonds is 2. The first kappa shape index (κ1) is 8.96. The number of hydrogen-bond donors (Lipinski definition) is 2. The van der Waals surface area contributed by atoms with Gasteiger partial charge in [0.2, 0.25) is 4.77 Å². The molecule has 72 valence electrons. The van der Waals surface area contributed by atoms with Gasteiger partial charge in [0.05, 0.1) is 5.69 Å². The van der Waals surface area contributed by atoms with E-state index in [-0.39, 0.29) is 0 Å². The summed E-state index contributed by atoms with van der Waals surface area (Å²) < 4.78 is 2.29. The Morgan fingerprint density at radius 2 is 2.07 bits per heavy atom. The number of para-hydroxylation sites is 1. The Kier molecular flexibility index (Phi) is 2.32. The van der Waals surface area contributed by atoms with Crippen LogP contribution in [0, 0.1) is 11.7 Å². The summed E-state index contributed by atoms with van der Waals surface area (Å²) in [6, 6.07) is 9.82. The quantitative estimate of drug-likeness (QED) is 0.740. The van der Waals surface area contributed by atoms with Gasteiger partial charge in [-0.3, -0.25) is 10.5 Å². The molecule has 2 aromatic rings. The van der Waals surface area contributed by atoms with E-state index in [4.69, 9.17) is 12.2 Å². The maximum Gasteiger partial charge on any atom is 0.214 e. The highest BCUT2D eigenvalue weighted by Gasteiger charge is 1.99. The largest absolute Gasteiger partial charge is 0.291 e. The fourth-order valence-electron chi connectivity index (χ4n) is 1.15. The van der Waals surface area contributed by atoms with Gasteiger partial charge in [-0.2, -0.15) is 5.10 Å². The second-order valence-electron chi connectivity index (χ2n) is 2.89. The van der Waals surface area contributed by atoms with E-state index in [9.17, 15) is 0 Å². The second-order valence-corrected chi connectivity index (χ2v) is 3.28. The van der Waals surface area contributed by atoms with Crippen molar-refractivity contribution in [2.24, 2.45) is 0 Å². The topological polar surface area (TPSA) is 45.6 Å². The zero-order valence-corrected chi connectivity index (χ0v) is 8.51. The number of aromatic nitrogens is 3. The average Bonchev–Trinajstić information content (AvgIpc) is 2.51. The number of nitrogens with zero attached hydrogens (tertiary/aromatic N) is 2. The second kappa shape index (κ2) is 3.63. The summed E-state index contributed by atoms with van der Waals surface area (Å²) in [5.74, 6) is 0.804. The van der Waals surface area contributed by atoms with Crippen molar-refractivity contribution in [1.82, 2.24) is 14.9 Å². The lowest BCUT2D eigenvalue weighted by atomic mass is 10.3. The van der Waals surface area contributed by atoms with Gasteiger partial charge >= 0.3 is 0 Å². The fourth-order valence-corrected chi connectivity index (χ4v) is 1.37. The van der Waals surface area contributed by atoms with E-state index in [0.717, 1.165) is 11.5 Å². The number of nitrogens with one attached hydrogen (secondary N) is 2. The molecule has 1 aromatic carbocycles. The Morgan fingerprint density at radius 1 is 1.36 bits per heavy atom. The first-order valence-electron chi connectivity index (χ1n) is 4.23. The van der Waals surface area contributed by atoms with Gasteiger partial charge in [-0.25, -0.2) is 4.68 Å². The van der Waals surface area contributed by atoms with Gasteiger partial charge in [0.1, 0.15) is 5.82 Å². The van der Waals surface area contributed by atoms with E-state index in [0.29, 0.717) is 4.77 Å². The molecule has 0 amide bonds. The van der Waals surface area contributed by atoms with Gasteiger partial charge < -0.3 is 0 Å². The van der Waals surface area contributed by atoms with Crippen LogP contribution < -0.4 is 5.43 Å². The van der Waals surface area contributed by atoms with Gasteiger partial charge in [0, 0.05) is 0 Å². The third-order valence-corrected chi connectivity index (χ3v) is 2.13. The smallest absolute Gasteiger partial charge is 0.214 e. The van der Waals surface area contributed by atoms with E-state index in [1.165, 1.54) is 0 Å². The lowest BCUT2D eigenvalue weighted by Gasteiger charge is -2.06. The lowest BCUT2D eigenvalue weighted by Crippen LogP contribution is -2.10. The molecular weight excluding hydrogens is 196 g/mol. The minimum Gasteiger partial charge on any atom is -0.291 e. The van der Waals surface area contributed by atoms with Crippen LogP contribution in [0.3, 0.4) is 0 Å². The Hall–Kier alpha value is -1.62. The van der Waals surface area contributed by atoms with Crippen LogP contribution in [0.15, 0.2) is 30.3 Å². The fraction of sp³-hybridized carbons (Fsp3) is 0.111. The van der Waals surface area contributed by atoms with Crippen molar-refractivity contribution >= 4 is 17.9 Å². The zero-order chi connectivity index (χ0) is 9.97. The summed E-state index contributed by atoms with van der Waals surface area (Å²) in [4.78, 5) is 0. The van der Waals surface area contributed by atoms with Crippen molar-refractivity contribution in [3.05, 3.63) is 40.9 Å². The lowest BCUT2D eigenvalue weighted by molar-refractivity contribution is 0.884. The predicted octanol–water partition coefficient (Wildman–Crippen LogP) is 2.12. The third kappa shape index (κ3) is 1.67. The molecule has 0 saturated heterocycles. The molecule has 0 radical (unpaired) electrons. The standard InChI is InChI=1S/C9H10N4S/c1-7-10-11-9(14)13(7)12-8-5-3-2-4-6-8/h2-6,12H,1H3,(H,11,14). The Bertz CT molecular complexity index is 471. The van der Waals surface area contributed by atoms with E-state index >= 15 is 0 Å². The molecule has 0 aliphatic heterocycles. The van der Waals surface area contributed by atoms with Crippen LogP contribution in [0.1, 0.15) is 5.82 Å². The molecule has 0 bridgehead atoms. The molecule has 0 saturated carbocycles. The van der Waals surface area contributed by atoms with Crippen molar-refractivity contribution in [1.29, 1.82) is 0 Å². The molecule has 0 aliphatic carbocycles.